The lowest BCUT2D eigenvalue weighted by atomic mass is 10.2. The van der Waals surface area contributed by atoms with Crippen molar-refractivity contribution in [3.05, 3.63) is 67.0 Å². The van der Waals surface area contributed by atoms with Crippen molar-refractivity contribution in [2.24, 2.45) is 0 Å². The van der Waals surface area contributed by atoms with Crippen LogP contribution in [-0.2, 0) is 6.54 Å². The van der Waals surface area contributed by atoms with Gasteiger partial charge in [0.05, 0.1) is 15.5 Å². The van der Waals surface area contributed by atoms with Gasteiger partial charge in [0, 0.05) is 18.1 Å². The predicted octanol–water partition coefficient (Wildman–Crippen LogP) is 2.31. The third kappa shape index (κ3) is 5.21. The molecular formula is C18H17Cl2N7O5. The van der Waals surface area contributed by atoms with Crippen LogP contribution in [0.1, 0.15) is 38.3 Å². The molecule has 0 aliphatic rings. The lowest BCUT2D eigenvalue weighted by Crippen LogP contribution is -2.35. The van der Waals surface area contributed by atoms with Gasteiger partial charge in [-0.3, -0.25) is 24.4 Å². The third-order valence-electron chi connectivity index (χ3n) is 4.35. The molecule has 32 heavy (non-hydrogen) atoms. The van der Waals surface area contributed by atoms with Crippen LogP contribution in [0.3, 0.4) is 0 Å². The first kappa shape index (κ1) is 23.2. The van der Waals surface area contributed by atoms with Crippen LogP contribution in [0.4, 0.5) is 5.69 Å². The first-order valence-electron chi connectivity index (χ1n) is 9.19. The Morgan fingerprint density at radius 3 is 2.50 bits per heavy atom. The molecule has 0 fully saturated rings. The van der Waals surface area contributed by atoms with Crippen molar-refractivity contribution in [2.45, 2.75) is 20.4 Å². The van der Waals surface area contributed by atoms with Crippen LogP contribution >= 0.6 is 23.2 Å². The number of nitrogens with zero attached hydrogens (tertiary/aromatic N) is 5. The van der Waals surface area contributed by atoms with Crippen molar-refractivity contribution in [3.8, 4) is 0 Å². The van der Waals surface area contributed by atoms with Gasteiger partial charge in [0.2, 0.25) is 0 Å². The maximum atomic E-state index is 12.2. The number of halogens is 2. The average Bonchev–Trinajstić information content (AvgIpc) is 3.29. The molecule has 0 aliphatic heterocycles. The zero-order chi connectivity index (χ0) is 23.4. The molecule has 0 bridgehead atoms. The van der Waals surface area contributed by atoms with Gasteiger partial charge in [0.15, 0.2) is 5.82 Å². The van der Waals surface area contributed by atoms with Crippen molar-refractivity contribution in [1.29, 1.82) is 0 Å². The molecule has 0 saturated carbocycles. The fourth-order valence-corrected chi connectivity index (χ4v) is 3.34. The number of benzene rings is 1. The van der Waals surface area contributed by atoms with E-state index in [0.29, 0.717) is 10.7 Å². The number of nitrogens with one attached hydrogen (secondary N) is 2. The van der Waals surface area contributed by atoms with E-state index in [1.807, 2.05) is 0 Å². The van der Waals surface area contributed by atoms with Gasteiger partial charge in [-0.2, -0.15) is 10.1 Å². The molecule has 2 amide bonds. The number of aryl methyl sites for hydroxylation is 1. The molecule has 0 aliphatic carbocycles. The van der Waals surface area contributed by atoms with Gasteiger partial charge in [0.1, 0.15) is 17.9 Å². The van der Waals surface area contributed by atoms with Crippen molar-refractivity contribution < 1.29 is 19.0 Å². The second kappa shape index (κ2) is 9.75. The highest BCUT2D eigenvalue weighted by Crippen LogP contribution is 2.22. The van der Waals surface area contributed by atoms with Crippen molar-refractivity contribution in [2.75, 3.05) is 13.1 Å². The monoisotopic (exact) mass is 481 g/mol. The largest absolute Gasteiger partial charge is 0.350 e. The number of carbonyl (C=O) groups is 2. The number of hydrogen-bond donors (Lipinski definition) is 2. The van der Waals surface area contributed by atoms with Gasteiger partial charge >= 0.3 is 17.5 Å². The topological polar surface area (TPSA) is 158 Å². The zero-order valence-electron chi connectivity index (χ0n) is 16.9. The van der Waals surface area contributed by atoms with Gasteiger partial charge in [-0.15, -0.1) is 0 Å². The summed E-state index contributed by atoms with van der Waals surface area (Å²) >= 11 is 11.8. The summed E-state index contributed by atoms with van der Waals surface area (Å²) in [5.41, 5.74) is 0.762. The van der Waals surface area contributed by atoms with E-state index in [9.17, 15) is 19.7 Å². The number of hydrogen-bond acceptors (Lipinski definition) is 8. The molecule has 0 unspecified atom stereocenters. The molecule has 2 N–H and O–H groups in total. The van der Waals surface area contributed by atoms with Gasteiger partial charge in [-0.25, -0.2) is 0 Å². The maximum Gasteiger partial charge on any atom is 0.316 e. The number of amides is 2. The summed E-state index contributed by atoms with van der Waals surface area (Å²) in [6.45, 7) is 3.29. The summed E-state index contributed by atoms with van der Waals surface area (Å²) in [7, 11) is 0. The minimum Gasteiger partial charge on any atom is -0.350 e. The van der Waals surface area contributed by atoms with E-state index < -0.39 is 16.7 Å². The molecule has 1 aromatic carbocycles. The van der Waals surface area contributed by atoms with E-state index in [-0.39, 0.29) is 53.3 Å². The molecule has 0 radical (unpaired) electrons. The second-order valence-corrected chi connectivity index (χ2v) is 7.43. The fourth-order valence-electron chi connectivity index (χ4n) is 2.85. The van der Waals surface area contributed by atoms with Crippen LogP contribution in [0, 0.1) is 24.0 Å². The van der Waals surface area contributed by atoms with E-state index in [2.05, 4.69) is 25.9 Å². The molecule has 12 nitrogen and oxygen atoms in total. The third-order valence-corrected chi connectivity index (χ3v) is 4.90. The lowest BCUT2D eigenvalue weighted by Gasteiger charge is -2.07. The molecule has 0 spiro atoms. The molecular weight excluding hydrogens is 465 g/mol. The highest BCUT2D eigenvalue weighted by atomic mass is 35.5. The summed E-state index contributed by atoms with van der Waals surface area (Å²) < 4.78 is 6.29. The maximum absolute atomic E-state index is 12.2. The minimum absolute atomic E-state index is 0.00476. The van der Waals surface area contributed by atoms with Crippen molar-refractivity contribution in [1.82, 2.24) is 30.6 Å². The quantitative estimate of drug-likeness (QED) is 0.281. The van der Waals surface area contributed by atoms with Crippen LogP contribution in [0.2, 0.25) is 10.0 Å². The van der Waals surface area contributed by atoms with Crippen LogP contribution in [0.15, 0.2) is 22.7 Å². The number of aromatic nitrogens is 4. The smallest absolute Gasteiger partial charge is 0.316 e. The standard InChI is InChI=1S/C18H17Cl2N7O5/c1-9-15(27(30)31)10(2)26(24-9)8-14-23-18(32-25-14)17(29)22-6-5-21-16(28)12-4-3-11(19)7-13(12)20/h3-4,7H,5-6,8H2,1-2H3,(H,21,28)(H,22,29). The first-order valence-corrected chi connectivity index (χ1v) is 9.95. The normalized spacial score (nSPS) is 10.8. The average molecular weight is 482 g/mol. The molecule has 2 aromatic heterocycles. The van der Waals surface area contributed by atoms with Gasteiger partial charge in [-0.05, 0) is 32.0 Å². The summed E-state index contributed by atoms with van der Waals surface area (Å²) in [5, 5.41) is 24.6. The molecule has 2 heterocycles. The zero-order valence-corrected chi connectivity index (χ0v) is 18.4. The number of carbonyl (C=O) groups excluding carboxylic acids is 2. The van der Waals surface area contributed by atoms with Gasteiger partial charge < -0.3 is 15.2 Å². The molecule has 3 aromatic rings. The number of nitro groups is 1. The Labute approximate surface area is 191 Å². The summed E-state index contributed by atoms with van der Waals surface area (Å²) in [4.78, 5) is 38.8. The van der Waals surface area contributed by atoms with E-state index in [1.165, 1.54) is 23.7 Å². The highest BCUT2D eigenvalue weighted by molar-refractivity contribution is 6.36. The predicted molar refractivity (Wildman–Crippen MR) is 113 cm³/mol. The number of rotatable bonds is 8. The molecule has 0 atom stereocenters. The van der Waals surface area contributed by atoms with Crippen LogP contribution < -0.4 is 10.6 Å². The van der Waals surface area contributed by atoms with Crippen LogP contribution in [0.25, 0.3) is 0 Å². The molecule has 0 saturated heterocycles. The van der Waals surface area contributed by atoms with E-state index >= 15 is 0 Å². The molecule has 3 rings (SSSR count). The van der Waals surface area contributed by atoms with E-state index in [1.54, 1.807) is 13.0 Å². The summed E-state index contributed by atoms with van der Waals surface area (Å²) in [6.07, 6.45) is 0. The van der Waals surface area contributed by atoms with E-state index in [4.69, 9.17) is 27.7 Å². The van der Waals surface area contributed by atoms with Gasteiger partial charge in [0.25, 0.3) is 5.91 Å². The van der Waals surface area contributed by atoms with E-state index in [0.717, 1.165) is 0 Å². The SMILES string of the molecule is Cc1nn(Cc2noc(C(=O)NCCNC(=O)c3ccc(Cl)cc3Cl)n2)c(C)c1[N+](=O)[O-]. The molecule has 168 valence electrons. The Hall–Kier alpha value is -3.51. The van der Waals surface area contributed by atoms with Crippen molar-refractivity contribution >= 4 is 40.7 Å². The second-order valence-electron chi connectivity index (χ2n) is 6.59. The van der Waals surface area contributed by atoms with Gasteiger partial charge in [-0.1, -0.05) is 28.4 Å². The van der Waals surface area contributed by atoms with Crippen LogP contribution in [-0.4, -0.2) is 49.7 Å². The summed E-state index contributed by atoms with van der Waals surface area (Å²) in [6, 6.07) is 4.49. The Kier molecular flexibility index (Phi) is 7.05. The molecule has 14 heteroatoms. The highest BCUT2D eigenvalue weighted by Gasteiger charge is 2.23. The minimum atomic E-state index is -0.637. The first-order chi connectivity index (χ1) is 15.2. The Balaban J connectivity index is 1.51. The Morgan fingerprint density at radius 1 is 1.19 bits per heavy atom. The lowest BCUT2D eigenvalue weighted by molar-refractivity contribution is -0.386. The fraction of sp³-hybridized carbons (Fsp3) is 0.278. The van der Waals surface area contributed by atoms with Crippen molar-refractivity contribution in [3.63, 3.8) is 0 Å². The van der Waals surface area contributed by atoms with Crippen LogP contribution in [0.5, 0.6) is 0 Å². The Morgan fingerprint density at radius 2 is 1.88 bits per heavy atom. The summed E-state index contributed by atoms with van der Waals surface area (Å²) in [5.74, 6) is -1.22. The Bertz CT molecular complexity index is 1190.